The molecule has 0 fully saturated rings. The van der Waals surface area contributed by atoms with Gasteiger partial charge in [-0.2, -0.15) is 0 Å². The zero-order chi connectivity index (χ0) is 9.56. The summed E-state index contributed by atoms with van der Waals surface area (Å²) in [5.41, 5.74) is 0. The van der Waals surface area contributed by atoms with E-state index in [-0.39, 0.29) is 0 Å². The van der Waals surface area contributed by atoms with Crippen LogP contribution in [-0.2, 0) is 9.53 Å². The Morgan fingerprint density at radius 1 is 1.58 bits per heavy atom. The first-order valence-corrected chi connectivity index (χ1v) is 4.07. The summed E-state index contributed by atoms with van der Waals surface area (Å²) in [5.74, 6) is -0.0756. The topological polar surface area (TPSA) is 46.5 Å². The van der Waals surface area contributed by atoms with Crippen LogP contribution in [-0.4, -0.2) is 17.4 Å². The molecule has 0 spiro atoms. The quantitative estimate of drug-likeness (QED) is 0.388. The normalized spacial score (nSPS) is 12.7. The number of esters is 1. The Hall–Kier alpha value is -0.830. The van der Waals surface area contributed by atoms with Crippen LogP contribution in [0.15, 0.2) is 12.7 Å². The highest BCUT2D eigenvalue weighted by atomic mass is 16.6. The van der Waals surface area contributed by atoms with Gasteiger partial charge in [-0.25, -0.2) is 4.79 Å². The molecule has 3 heteroatoms. The highest BCUT2D eigenvalue weighted by Crippen LogP contribution is 2.07. The van der Waals surface area contributed by atoms with Crippen molar-refractivity contribution in [3.05, 3.63) is 12.7 Å². The molecule has 0 amide bonds. The van der Waals surface area contributed by atoms with Gasteiger partial charge in [0.05, 0.1) is 0 Å². The van der Waals surface area contributed by atoms with Gasteiger partial charge in [-0.05, 0) is 12.3 Å². The number of ether oxygens (including phenoxy) is 1. The molecule has 1 unspecified atom stereocenters. The van der Waals surface area contributed by atoms with E-state index in [1.54, 1.807) is 0 Å². The minimum atomic E-state index is -0.988. The van der Waals surface area contributed by atoms with Crippen LogP contribution < -0.4 is 0 Å². The Morgan fingerprint density at radius 2 is 2.17 bits per heavy atom. The molecule has 0 bridgehead atoms. The summed E-state index contributed by atoms with van der Waals surface area (Å²) >= 11 is 0. The Balaban J connectivity index is 3.52. The van der Waals surface area contributed by atoms with Gasteiger partial charge in [0.2, 0.25) is 6.29 Å². The van der Waals surface area contributed by atoms with Crippen molar-refractivity contribution in [2.45, 2.75) is 33.0 Å². The minimum Gasteiger partial charge on any atom is -0.433 e. The van der Waals surface area contributed by atoms with E-state index in [0.717, 1.165) is 12.5 Å². The van der Waals surface area contributed by atoms with Crippen molar-refractivity contribution < 1.29 is 14.6 Å². The van der Waals surface area contributed by atoms with E-state index in [1.807, 2.05) is 13.8 Å². The lowest BCUT2D eigenvalue weighted by Crippen LogP contribution is -2.16. The van der Waals surface area contributed by atoms with E-state index < -0.39 is 12.3 Å². The molecule has 3 nitrogen and oxygen atoms in total. The van der Waals surface area contributed by atoms with Crippen LogP contribution in [0.1, 0.15) is 26.7 Å². The highest BCUT2D eigenvalue weighted by molar-refractivity contribution is 5.81. The molecule has 1 atom stereocenters. The van der Waals surface area contributed by atoms with Crippen LogP contribution in [0.5, 0.6) is 0 Å². The molecule has 1 N–H and O–H groups in total. The minimum absolute atomic E-state index is 0.483. The summed E-state index contributed by atoms with van der Waals surface area (Å²) in [6.45, 7) is 7.31. The second-order valence-electron chi connectivity index (χ2n) is 3.07. The number of hydrogen-bond donors (Lipinski definition) is 1. The first-order chi connectivity index (χ1) is 5.56. The summed E-state index contributed by atoms with van der Waals surface area (Å²) in [5, 5.41) is 9.11. The maximum atomic E-state index is 10.6. The number of aliphatic hydroxyl groups is 1. The molecule has 0 aliphatic heterocycles. The maximum absolute atomic E-state index is 10.6. The fourth-order valence-corrected chi connectivity index (χ4v) is 0.717. The molecule has 0 aromatic rings. The van der Waals surface area contributed by atoms with Crippen molar-refractivity contribution >= 4 is 5.97 Å². The van der Waals surface area contributed by atoms with Gasteiger partial charge < -0.3 is 9.84 Å². The van der Waals surface area contributed by atoms with Crippen LogP contribution in [0, 0.1) is 5.92 Å². The third-order valence-corrected chi connectivity index (χ3v) is 1.41. The van der Waals surface area contributed by atoms with Crippen LogP contribution in [0.3, 0.4) is 0 Å². The van der Waals surface area contributed by atoms with Gasteiger partial charge >= 0.3 is 5.97 Å². The van der Waals surface area contributed by atoms with Gasteiger partial charge in [0.25, 0.3) is 0 Å². The summed E-state index contributed by atoms with van der Waals surface area (Å²) in [4.78, 5) is 10.6. The van der Waals surface area contributed by atoms with Crippen molar-refractivity contribution in [2.75, 3.05) is 0 Å². The monoisotopic (exact) mass is 172 g/mol. The van der Waals surface area contributed by atoms with Gasteiger partial charge in [-0.15, -0.1) is 0 Å². The molecular weight excluding hydrogens is 156 g/mol. The molecule has 70 valence electrons. The van der Waals surface area contributed by atoms with E-state index in [4.69, 9.17) is 5.11 Å². The lowest BCUT2D eigenvalue weighted by atomic mass is 10.1. The molecule has 12 heavy (non-hydrogen) atoms. The zero-order valence-corrected chi connectivity index (χ0v) is 7.62. The first-order valence-electron chi connectivity index (χ1n) is 4.07. The largest absolute Gasteiger partial charge is 0.433 e. The van der Waals surface area contributed by atoms with Gasteiger partial charge in [0, 0.05) is 12.5 Å². The lowest BCUT2D eigenvalue weighted by Gasteiger charge is -2.11. The molecule has 0 aromatic carbocycles. The zero-order valence-electron chi connectivity index (χ0n) is 7.62. The highest BCUT2D eigenvalue weighted by Gasteiger charge is 2.08. The Bertz CT molecular complexity index is 152. The fourth-order valence-electron chi connectivity index (χ4n) is 0.717. The molecule has 0 saturated heterocycles. The second kappa shape index (κ2) is 5.77. The van der Waals surface area contributed by atoms with E-state index in [2.05, 4.69) is 11.3 Å². The second-order valence-corrected chi connectivity index (χ2v) is 3.07. The molecule has 0 rings (SSSR count). The standard InChI is InChI=1S/C9H16O3/c1-4-8(10)12-9(11)6-5-7(2)3/h4,7,9,11H,1,5-6H2,2-3H3. The van der Waals surface area contributed by atoms with E-state index in [0.29, 0.717) is 12.3 Å². The average molecular weight is 172 g/mol. The third kappa shape index (κ3) is 5.92. The lowest BCUT2D eigenvalue weighted by molar-refractivity contribution is -0.162. The number of aliphatic hydroxyl groups excluding tert-OH is 1. The van der Waals surface area contributed by atoms with Crippen molar-refractivity contribution in [1.29, 1.82) is 0 Å². The summed E-state index contributed by atoms with van der Waals surface area (Å²) < 4.78 is 4.55. The average Bonchev–Trinajstić information content (AvgIpc) is 2.00. The van der Waals surface area contributed by atoms with Crippen LogP contribution in [0.2, 0.25) is 0 Å². The van der Waals surface area contributed by atoms with E-state index in [1.165, 1.54) is 0 Å². The summed E-state index contributed by atoms with van der Waals surface area (Å²) in [6, 6.07) is 0. The van der Waals surface area contributed by atoms with Gasteiger partial charge in [0.15, 0.2) is 0 Å². The maximum Gasteiger partial charge on any atom is 0.332 e. The first kappa shape index (κ1) is 11.2. The number of carbonyl (C=O) groups excluding carboxylic acids is 1. The molecule has 0 saturated carbocycles. The van der Waals surface area contributed by atoms with Crippen molar-refractivity contribution in [3.8, 4) is 0 Å². The van der Waals surface area contributed by atoms with Crippen molar-refractivity contribution in [2.24, 2.45) is 5.92 Å². The Kier molecular flexibility index (Phi) is 5.37. The number of hydrogen-bond acceptors (Lipinski definition) is 3. The summed E-state index contributed by atoms with van der Waals surface area (Å²) in [7, 11) is 0. The SMILES string of the molecule is C=CC(=O)OC(O)CCC(C)C. The Morgan fingerprint density at radius 3 is 2.58 bits per heavy atom. The fraction of sp³-hybridized carbons (Fsp3) is 0.667. The van der Waals surface area contributed by atoms with Gasteiger partial charge in [-0.3, -0.25) is 0 Å². The molecule has 0 aliphatic rings. The Labute approximate surface area is 73.0 Å². The van der Waals surface area contributed by atoms with Gasteiger partial charge in [-0.1, -0.05) is 20.4 Å². The molecule has 0 radical (unpaired) electrons. The van der Waals surface area contributed by atoms with Crippen LogP contribution >= 0.6 is 0 Å². The molecule has 0 aromatic heterocycles. The smallest absolute Gasteiger partial charge is 0.332 e. The molecular formula is C9H16O3. The number of rotatable bonds is 5. The van der Waals surface area contributed by atoms with Crippen molar-refractivity contribution in [1.82, 2.24) is 0 Å². The molecule has 0 aliphatic carbocycles. The van der Waals surface area contributed by atoms with Crippen LogP contribution in [0.25, 0.3) is 0 Å². The third-order valence-electron chi connectivity index (χ3n) is 1.41. The molecule has 0 heterocycles. The van der Waals surface area contributed by atoms with Gasteiger partial charge in [0.1, 0.15) is 0 Å². The predicted octanol–water partition coefficient (Wildman–Crippen LogP) is 1.47. The van der Waals surface area contributed by atoms with Crippen molar-refractivity contribution in [3.63, 3.8) is 0 Å². The van der Waals surface area contributed by atoms with Crippen LogP contribution in [0.4, 0.5) is 0 Å². The predicted molar refractivity (Wildman–Crippen MR) is 46.4 cm³/mol. The summed E-state index contributed by atoms with van der Waals surface area (Å²) in [6.07, 6.45) is 1.37. The van der Waals surface area contributed by atoms with E-state index >= 15 is 0 Å². The number of carbonyl (C=O) groups is 1. The van der Waals surface area contributed by atoms with E-state index in [9.17, 15) is 4.79 Å².